The van der Waals surface area contributed by atoms with Gasteiger partial charge in [-0.3, -0.25) is 4.99 Å². The molecule has 16 heavy (non-hydrogen) atoms. The lowest BCUT2D eigenvalue weighted by Crippen LogP contribution is -2.20. The summed E-state index contributed by atoms with van der Waals surface area (Å²) in [5.41, 5.74) is 1.36. The molecule has 2 aliphatic rings. The van der Waals surface area contributed by atoms with Crippen molar-refractivity contribution >= 4 is 33.4 Å². The molecule has 0 aliphatic carbocycles. The molecule has 2 nitrogen and oxygen atoms in total. The van der Waals surface area contributed by atoms with E-state index in [-0.39, 0.29) is 0 Å². The Hall–Kier alpha value is -1.48. The van der Waals surface area contributed by atoms with E-state index in [2.05, 4.69) is 46.3 Å². The van der Waals surface area contributed by atoms with Crippen LogP contribution in [-0.2, 0) is 0 Å². The van der Waals surface area contributed by atoms with Gasteiger partial charge < -0.3 is 4.90 Å². The number of thioether (sulfide) groups is 1. The minimum Gasteiger partial charge on any atom is -0.317 e. The van der Waals surface area contributed by atoms with Crippen molar-refractivity contribution in [2.24, 2.45) is 4.99 Å². The molecule has 0 fully saturated rings. The van der Waals surface area contributed by atoms with Crippen LogP contribution in [-0.4, -0.2) is 18.3 Å². The summed E-state index contributed by atoms with van der Waals surface area (Å²) in [6.45, 7) is 1.97. The molecular weight excluding hydrogens is 216 g/mol. The lowest BCUT2D eigenvalue weighted by molar-refractivity contribution is 1.02. The molecule has 78 valence electrons. The molecule has 0 N–H and O–H groups in total. The lowest BCUT2D eigenvalue weighted by Gasteiger charge is -2.14. The molecule has 2 heterocycles. The Morgan fingerprint density at radius 2 is 2.06 bits per heavy atom. The summed E-state index contributed by atoms with van der Waals surface area (Å²) in [5, 5.41) is 3.83. The fraction of sp³-hybridized carbons (Fsp3) is 0.154. The van der Waals surface area contributed by atoms with Crippen molar-refractivity contribution in [1.29, 1.82) is 0 Å². The maximum absolute atomic E-state index is 4.52. The van der Waals surface area contributed by atoms with Gasteiger partial charge in [0.15, 0.2) is 5.17 Å². The van der Waals surface area contributed by atoms with Crippen LogP contribution in [0.2, 0.25) is 0 Å². The monoisotopic (exact) mass is 226 g/mol. The maximum atomic E-state index is 4.52. The molecule has 0 atom stereocenters. The highest BCUT2D eigenvalue weighted by Crippen LogP contribution is 2.45. The first-order valence-electron chi connectivity index (χ1n) is 5.45. The molecule has 0 unspecified atom stereocenters. The second-order valence-electron chi connectivity index (χ2n) is 4.05. The van der Waals surface area contributed by atoms with Gasteiger partial charge in [-0.15, -0.1) is 0 Å². The van der Waals surface area contributed by atoms with E-state index in [1.54, 1.807) is 11.8 Å². The van der Waals surface area contributed by atoms with Gasteiger partial charge >= 0.3 is 0 Å². The van der Waals surface area contributed by atoms with Crippen LogP contribution < -0.4 is 4.90 Å². The molecule has 2 aliphatic heterocycles. The van der Waals surface area contributed by atoms with Gasteiger partial charge in [0.05, 0.1) is 12.2 Å². The van der Waals surface area contributed by atoms with Crippen LogP contribution in [0.4, 0.5) is 5.69 Å². The number of rotatable bonds is 0. The number of benzene rings is 2. The van der Waals surface area contributed by atoms with Crippen LogP contribution in [0.5, 0.6) is 0 Å². The minimum absolute atomic E-state index is 0.936. The summed E-state index contributed by atoms with van der Waals surface area (Å²) in [4.78, 5) is 8.22. The van der Waals surface area contributed by atoms with Crippen molar-refractivity contribution in [3.05, 3.63) is 36.4 Å². The molecule has 4 rings (SSSR count). The van der Waals surface area contributed by atoms with Crippen molar-refractivity contribution in [2.45, 2.75) is 4.90 Å². The van der Waals surface area contributed by atoms with E-state index in [0.29, 0.717) is 0 Å². The maximum Gasteiger partial charge on any atom is 0.168 e. The van der Waals surface area contributed by atoms with Crippen LogP contribution in [0.25, 0.3) is 10.8 Å². The SMILES string of the molecule is c1ccc2c3c(ccc2c1)SC1=NCCN13. The third-order valence-electron chi connectivity index (χ3n) is 3.14. The second kappa shape index (κ2) is 3.01. The number of hydrogen-bond donors (Lipinski definition) is 0. The van der Waals surface area contributed by atoms with Crippen LogP contribution in [0, 0.1) is 0 Å². The molecule has 0 saturated carbocycles. The predicted octanol–water partition coefficient (Wildman–Crippen LogP) is 3.12. The highest BCUT2D eigenvalue weighted by molar-refractivity contribution is 8.14. The van der Waals surface area contributed by atoms with Crippen LogP contribution in [0.1, 0.15) is 0 Å². The topological polar surface area (TPSA) is 15.6 Å². The van der Waals surface area contributed by atoms with Gasteiger partial charge in [0.2, 0.25) is 0 Å². The van der Waals surface area contributed by atoms with Crippen molar-refractivity contribution in [3.63, 3.8) is 0 Å². The molecule has 0 spiro atoms. The van der Waals surface area contributed by atoms with Gasteiger partial charge in [-0.25, -0.2) is 0 Å². The number of nitrogens with zero attached hydrogens (tertiary/aromatic N) is 2. The summed E-state index contributed by atoms with van der Waals surface area (Å²) in [6.07, 6.45) is 0. The molecule has 0 amide bonds. The second-order valence-corrected chi connectivity index (χ2v) is 5.06. The summed E-state index contributed by atoms with van der Waals surface area (Å²) >= 11 is 1.80. The van der Waals surface area contributed by atoms with Crippen molar-refractivity contribution in [3.8, 4) is 0 Å². The van der Waals surface area contributed by atoms with Crippen molar-refractivity contribution < 1.29 is 0 Å². The first-order chi connectivity index (χ1) is 7.93. The van der Waals surface area contributed by atoms with Crippen molar-refractivity contribution in [2.75, 3.05) is 18.0 Å². The molecule has 0 radical (unpaired) electrons. The zero-order chi connectivity index (χ0) is 10.5. The van der Waals surface area contributed by atoms with E-state index < -0.39 is 0 Å². The van der Waals surface area contributed by atoms with Crippen molar-refractivity contribution in [1.82, 2.24) is 0 Å². The first kappa shape index (κ1) is 8.65. The summed E-state index contributed by atoms with van der Waals surface area (Å²) in [5.74, 6) is 0. The highest BCUT2D eigenvalue weighted by atomic mass is 32.2. The van der Waals surface area contributed by atoms with Gasteiger partial charge in [0, 0.05) is 16.8 Å². The minimum atomic E-state index is 0.936. The Balaban J connectivity index is 2.08. The Morgan fingerprint density at radius 1 is 1.12 bits per heavy atom. The number of fused-ring (bicyclic) bond motifs is 5. The number of aliphatic imine (C=N–C) groups is 1. The average Bonchev–Trinajstić information content (AvgIpc) is 2.88. The van der Waals surface area contributed by atoms with Crippen LogP contribution in [0.3, 0.4) is 0 Å². The fourth-order valence-corrected chi connectivity index (χ4v) is 3.51. The standard InChI is InChI=1S/C13H10N2S/c1-2-4-10-9(3-1)5-6-11-12(10)15-8-7-14-13(15)16-11/h1-6H,7-8H2. The Kier molecular flexibility index (Phi) is 1.63. The van der Waals surface area contributed by atoms with E-state index in [1.807, 2.05) is 0 Å². The normalized spacial score (nSPS) is 17.5. The van der Waals surface area contributed by atoms with E-state index in [0.717, 1.165) is 13.1 Å². The summed E-state index contributed by atoms with van der Waals surface area (Å²) in [7, 11) is 0. The average molecular weight is 226 g/mol. The summed E-state index contributed by atoms with van der Waals surface area (Å²) < 4.78 is 0. The zero-order valence-electron chi connectivity index (χ0n) is 8.68. The zero-order valence-corrected chi connectivity index (χ0v) is 9.50. The molecule has 2 aromatic carbocycles. The predicted molar refractivity (Wildman–Crippen MR) is 69.5 cm³/mol. The van der Waals surface area contributed by atoms with E-state index in [4.69, 9.17) is 0 Å². The van der Waals surface area contributed by atoms with Crippen LogP contribution in [0.15, 0.2) is 46.3 Å². The van der Waals surface area contributed by atoms with E-state index in [9.17, 15) is 0 Å². The molecule has 3 heteroatoms. The van der Waals surface area contributed by atoms with E-state index >= 15 is 0 Å². The first-order valence-corrected chi connectivity index (χ1v) is 6.27. The highest BCUT2D eigenvalue weighted by Gasteiger charge is 2.30. The number of amidine groups is 1. The third-order valence-corrected chi connectivity index (χ3v) is 4.22. The molecular formula is C13H10N2S. The molecule has 0 saturated heterocycles. The Labute approximate surface area is 98.0 Å². The Bertz CT molecular complexity index is 618. The van der Waals surface area contributed by atoms with Gasteiger partial charge in [-0.2, -0.15) is 0 Å². The largest absolute Gasteiger partial charge is 0.317 e. The molecule has 0 bridgehead atoms. The van der Waals surface area contributed by atoms with Gasteiger partial charge in [0.25, 0.3) is 0 Å². The molecule has 2 aromatic rings. The van der Waals surface area contributed by atoms with Crippen LogP contribution >= 0.6 is 11.8 Å². The Morgan fingerprint density at radius 3 is 3.06 bits per heavy atom. The summed E-state index contributed by atoms with van der Waals surface area (Å²) in [6, 6.07) is 13.0. The van der Waals surface area contributed by atoms with Gasteiger partial charge in [-0.05, 0) is 23.2 Å². The van der Waals surface area contributed by atoms with Gasteiger partial charge in [-0.1, -0.05) is 30.3 Å². The third kappa shape index (κ3) is 1.01. The quantitative estimate of drug-likeness (QED) is 0.686. The molecule has 0 aromatic heterocycles. The van der Waals surface area contributed by atoms with Gasteiger partial charge in [0.1, 0.15) is 0 Å². The number of hydrogen-bond acceptors (Lipinski definition) is 3. The van der Waals surface area contributed by atoms with E-state index in [1.165, 1.54) is 26.5 Å². The number of anilines is 1. The lowest BCUT2D eigenvalue weighted by atomic mass is 10.1. The smallest absolute Gasteiger partial charge is 0.168 e. The fourth-order valence-electron chi connectivity index (χ4n) is 2.42.